The highest BCUT2D eigenvalue weighted by Gasteiger charge is 2.08. The van der Waals surface area contributed by atoms with E-state index in [0.717, 1.165) is 5.69 Å². The quantitative estimate of drug-likeness (QED) is 0.905. The molecule has 1 aromatic carbocycles. The number of pyridine rings is 1. The van der Waals surface area contributed by atoms with E-state index >= 15 is 0 Å². The van der Waals surface area contributed by atoms with E-state index in [-0.39, 0.29) is 6.04 Å². The Labute approximate surface area is 105 Å². The highest BCUT2D eigenvalue weighted by Crippen LogP contribution is 2.23. The van der Waals surface area contributed by atoms with Crippen molar-refractivity contribution in [3.63, 3.8) is 0 Å². The molecule has 0 aliphatic carbocycles. The van der Waals surface area contributed by atoms with Crippen molar-refractivity contribution in [3.05, 3.63) is 59.4 Å². The van der Waals surface area contributed by atoms with Crippen LogP contribution in [0.4, 0.5) is 0 Å². The average Bonchev–Trinajstić information content (AvgIpc) is 2.38. The highest BCUT2D eigenvalue weighted by atomic mass is 35.5. The highest BCUT2D eigenvalue weighted by molar-refractivity contribution is 6.32. The topological polar surface area (TPSA) is 48.1 Å². The summed E-state index contributed by atoms with van der Waals surface area (Å²) in [6.07, 6.45) is 1.71. The standard InChI is InChI=1S/C13H13ClN2O/c14-10-5-1-2-7-13(10)17-9-11(15)12-6-3-4-8-16-12/h1-8,11H,9,15H2. The maximum atomic E-state index is 5.97. The van der Waals surface area contributed by atoms with Gasteiger partial charge in [0.25, 0.3) is 0 Å². The van der Waals surface area contributed by atoms with Gasteiger partial charge in [0.15, 0.2) is 0 Å². The number of ether oxygens (including phenoxy) is 1. The normalized spacial score (nSPS) is 12.1. The Morgan fingerprint density at radius 1 is 1.18 bits per heavy atom. The Morgan fingerprint density at radius 3 is 2.65 bits per heavy atom. The number of hydrogen-bond acceptors (Lipinski definition) is 3. The molecule has 0 spiro atoms. The fraction of sp³-hybridized carbons (Fsp3) is 0.154. The molecule has 17 heavy (non-hydrogen) atoms. The van der Waals surface area contributed by atoms with Gasteiger partial charge >= 0.3 is 0 Å². The van der Waals surface area contributed by atoms with Crippen molar-refractivity contribution in [2.24, 2.45) is 5.73 Å². The second-order valence-electron chi connectivity index (χ2n) is 3.60. The third-order valence-electron chi connectivity index (χ3n) is 2.32. The molecule has 0 radical (unpaired) electrons. The summed E-state index contributed by atoms with van der Waals surface area (Å²) in [7, 11) is 0. The molecule has 4 heteroatoms. The molecule has 0 fully saturated rings. The zero-order valence-electron chi connectivity index (χ0n) is 9.21. The summed E-state index contributed by atoms with van der Waals surface area (Å²) < 4.78 is 5.56. The van der Waals surface area contributed by atoms with Crippen LogP contribution in [0.15, 0.2) is 48.7 Å². The first-order valence-corrected chi connectivity index (χ1v) is 5.69. The molecule has 88 valence electrons. The third kappa shape index (κ3) is 3.19. The summed E-state index contributed by atoms with van der Waals surface area (Å²) in [5.41, 5.74) is 6.77. The lowest BCUT2D eigenvalue weighted by Gasteiger charge is -2.13. The zero-order valence-corrected chi connectivity index (χ0v) is 9.97. The Kier molecular flexibility index (Phi) is 3.96. The molecule has 2 aromatic rings. The monoisotopic (exact) mass is 248 g/mol. The molecular weight excluding hydrogens is 236 g/mol. The largest absolute Gasteiger partial charge is 0.490 e. The number of nitrogens with two attached hydrogens (primary N) is 1. The van der Waals surface area contributed by atoms with Crippen LogP contribution < -0.4 is 10.5 Å². The number of halogens is 1. The lowest BCUT2D eigenvalue weighted by molar-refractivity contribution is 0.288. The molecule has 0 saturated heterocycles. The number of rotatable bonds is 4. The van der Waals surface area contributed by atoms with Crippen LogP contribution in [0, 0.1) is 0 Å². The van der Waals surface area contributed by atoms with Gasteiger partial charge in [0.1, 0.15) is 12.4 Å². The molecule has 0 aliphatic rings. The zero-order chi connectivity index (χ0) is 12.1. The Morgan fingerprint density at radius 2 is 1.94 bits per heavy atom. The van der Waals surface area contributed by atoms with Gasteiger partial charge < -0.3 is 10.5 Å². The number of para-hydroxylation sites is 1. The van der Waals surface area contributed by atoms with Crippen molar-refractivity contribution in [3.8, 4) is 5.75 Å². The first-order chi connectivity index (χ1) is 8.27. The van der Waals surface area contributed by atoms with E-state index in [4.69, 9.17) is 22.1 Å². The summed E-state index contributed by atoms with van der Waals surface area (Å²) in [5.74, 6) is 0.639. The van der Waals surface area contributed by atoms with Gasteiger partial charge in [0.05, 0.1) is 16.8 Å². The minimum absolute atomic E-state index is 0.257. The van der Waals surface area contributed by atoms with E-state index in [9.17, 15) is 0 Å². The van der Waals surface area contributed by atoms with Crippen molar-refractivity contribution in [2.45, 2.75) is 6.04 Å². The van der Waals surface area contributed by atoms with Crippen LogP contribution in [0.2, 0.25) is 5.02 Å². The minimum Gasteiger partial charge on any atom is -0.490 e. The second-order valence-corrected chi connectivity index (χ2v) is 4.01. The van der Waals surface area contributed by atoms with E-state index in [2.05, 4.69) is 4.98 Å². The van der Waals surface area contributed by atoms with Crippen LogP contribution in [-0.4, -0.2) is 11.6 Å². The first kappa shape index (κ1) is 11.9. The second kappa shape index (κ2) is 5.66. The maximum Gasteiger partial charge on any atom is 0.137 e. The lowest BCUT2D eigenvalue weighted by atomic mass is 10.2. The van der Waals surface area contributed by atoms with Crippen LogP contribution in [-0.2, 0) is 0 Å². The molecule has 1 unspecified atom stereocenters. The average molecular weight is 249 g/mol. The molecule has 0 bridgehead atoms. The molecular formula is C13H13ClN2O. The molecule has 0 amide bonds. The number of nitrogens with zero attached hydrogens (tertiary/aromatic N) is 1. The van der Waals surface area contributed by atoms with Crippen LogP contribution in [0.1, 0.15) is 11.7 Å². The first-order valence-electron chi connectivity index (χ1n) is 5.31. The van der Waals surface area contributed by atoms with Gasteiger partial charge in [-0.15, -0.1) is 0 Å². The van der Waals surface area contributed by atoms with Gasteiger partial charge in [-0.2, -0.15) is 0 Å². The third-order valence-corrected chi connectivity index (χ3v) is 2.63. The van der Waals surface area contributed by atoms with Crippen LogP contribution >= 0.6 is 11.6 Å². The van der Waals surface area contributed by atoms with E-state index in [1.54, 1.807) is 12.3 Å². The van der Waals surface area contributed by atoms with Crippen molar-refractivity contribution >= 4 is 11.6 Å². The number of aromatic nitrogens is 1. The molecule has 0 aliphatic heterocycles. The fourth-order valence-corrected chi connectivity index (χ4v) is 1.61. The Bertz CT molecular complexity index is 476. The van der Waals surface area contributed by atoms with Crippen molar-refractivity contribution in [1.82, 2.24) is 4.98 Å². The van der Waals surface area contributed by atoms with Gasteiger partial charge in [-0.05, 0) is 24.3 Å². The van der Waals surface area contributed by atoms with Gasteiger partial charge in [-0.1, -0.05) is 29.8 Å². The lowest BCUT2D eigenvalue weighted by Crippen LogP contribution is -2.20. The fourth-order valence-electron chi connectivity index (χ4n) is 1.42. The van der Waals surface area contributed by atoms with Crippen LogP contribution in [0.25, 0.3) is 0 Å². The molecule has 1 atom stereocenters. The molecule has 1 aromatic heterocycles. The van der Waals surface area contributed by atoms with Gasteiger partial charge in [0, 0.05) is 6.20 Å². The van der Waals surface area contributed by atoms with E-state index in [0.29, 0.717) is 17.4 Å². The minimum atomic E-state index is -0.257. The van der Waals surface area contributed by atoms with E-state index in [1.807, 2.05) is 36.4 Å². The smallest absolute Gasteiger partial charge is 0.137 e. The van der Waals surface area contributed by atoms with E-state index < -0.39 is 0 Å². The molecule has 1 heterocycles. The van der Waals surface area contributed by atoms with Crippen LogP contribution in [0.5, 0.6) is 5.75 Å². The number of benzene rings is 1. The molecule has 2 rings (SSSR count). The Balaban J connectivity index is 1.97. The van der Waals surface area contributed by atoms with Gasteiger partial charge in [0.2, 0.25) is 0 Å². The Hall–Kier alpha value is -1.58. The van der Waals surface area contributed by atoms with Crippen molar-refractivity contribution in [1.29, 1.82) is 0 Å². The SMILES string of the molecule is NC(COc1ccccc1Cl)c1ccccn1. The summed E-state index contributed by atoms with van der Waals surface area (Å²) in [5, 5.41) is 0.584. The predicted molar refractivity (Wildman–Crippen MR) is 68.1 cm³/mol. The van der Waals surface area contributed by atoms with Crippen LogP contribution in [0.3, 0.4) is 0 Å². The number of hydrogen-bond donors (Lipinski definition) is 1. The summed E-state index contributed by atoms with van der Waals surface area (Å²) in [6, 6.07) is 12.7. The molecule has 0 saturated carbocycles. The molecule has 3 nitrogen and oxygen atoms in total. The van der Waals surface area contributed by atoms with Crippen molar-refractivity contribution < 1.29 is 4.74 Å². The molecule has 2 N–H and O–H groups in total. The summed E-state index contributed by atoms with van der Waals surface area (Å²) >= 11 is 5.97. The summed E-state index contributed by atoms with van der Waals surface area (Å²) in [6.45, 7) is 0.348. The van der Waals surface area contributed by atoms with Gasteiger partial charge in [-0.25, -0.2) is 0 Å². The maximum absolute atomic E-state index is 5.97. The van der Waals surface area contributed by atoms with Gasteiger partial charge in [-0.3, -0.25) is 4.98 Å². The van der Waals surface area contributed by atoms with Crippen molar-refractivity contribution in [2.75, 3.05) is 6.61 Å². The van der Waals surface area contributed by atoms with E-state index in [1.165, 1.54) is 0 Å². The predicted octanol–water partition coefficient (Wildman–Crippen LogP) is 2.81. The summed E-state index contributed by atoms with van der Waals surface area (Å²) in [4.78, 5) is 4.18.